The molecular formula is C6H9F3N2O. The van der Waals surface area contributed by atoms with E-state index in [4.69, 9.17) is 5.11 Å². The molecule has 3 nitrogen and oxygen atoms in total. The topological polar surface area (TPSA) is 35.8 Å². The molecule has 0 aromatic rings. The van der Waals surface area contributed by atoms with Crippen molar-refractivity contribution in [3.05, 3.63) is 0 Å². The smallest absolute Gasteiger partial charge is 0.361 e. The highest BCUT2D eigenvalue weighted by molar-refractivity contribution is 5.81. The molecule has 6 heteroatoms. The first-order valence-corrected chi connectivity index (χ1v) is 3.33. The molecule has 0 amide bonds. The van der Waals surface area contributed by atoms with Crippen LogP contribution in [0.25, 0.3) is 0 Å². The van der Waals surface area contributed by atoms with Gasteiger partial charge in [0, 0.05) is 7.05 Å². The van der Waals surface area contributed by atoms with Gasteiger partial charge >= 0.3 is 6.18 Å². The van der Waals surface area contributed by atoms with Crippen molar-refractivity contribution in [2.24, 2.45) is 4.99 Å². The third-order valence-electron chi connectivity index (χ3n) is 1.81. The summed E-state index contributed by atoms with van der Waals surface area (Å²) < 4.78 is 36.3. The molecule has 0 bridgehead atoms. The molecule has 0 saturated heterocycles. The lowest BCUT2D eigenvalue weighted by Crippen LogP contribution is -2.46. The number of β-amino-alcohol motifs (C(OH)–C–C–N with tert-alkyl or cyclic N) is 1. The van der Waals surface area contributed by atoms with Gasteiger partial charge < -0.3 is 10.0 Å². The molecule has 1 aliphatic heterocycles. The predicted molar refractivity (Wildman–Crippen MR) is 36.7 cm³/mol. The van der Waals surface area contributed by atoms with Crippen LogP contribution < -0.4 is 0 Å². The summed E-state index contributed by atoms with van der Waals surface area (Å²) in [6, 6.07) is 0. The lowest BCUT2D eigenvalue weighted by atomic mass is 10.2. The van der Waals surface area contributed by atoms with E-state index in [0.29, 0.717) is 0 Å². The number of likely N-dealkylation sites (N-methyl/N-ethyl adjacent to an activating group) is 1. The zero-order valence-electron chi connectivity index (χ0n) is 6.68. The number of alkyl halides is 3. The number of amidine groups is 1. The van der Waals surface area contributed by atoms with Crippen LogP contribution in [-0.4, -0.2) is 41.3 Å². The summed E-state index contributed by atoms with van der Waals surface area (Å²) in [5.74, 6) is 0.190. The molecule has 0 aliphatic carbocycles. The zero-order valence-corrected chi connectivity index (χ0v) is 6.68. The van der Waals surface area contributed by atoms with Gasteiger partial charge in [-0.15, -0.1) is 0 Å². The maximum absolute atomic E-state index is 12.1. The van der Waals surface area contributed by atoms with Crippen LogP contribution in [-0.2, 0) is 0 Å². The summed E-state index contributed by atoms with van der Waals surface area (Å²) in [5, 5.41) is 9.01. The summed E-state index contributed by atoms with van der Waals surface area (Å²) in [6.45, 7) is 0.895. The van der Waals surface area contributed by atoms with E-state index >= 15 is 0 Å². The molecule has 0 radical (unpaired) electrons. The molecule has 0 aromatic heterocycles. The highest BCUT2D eigenvalue weighted by atomic mass is 19.4. The molecule has 1 N–H and O–H groups in total. The summed E-state index contributed by atoms with van der Waals surface area (Å²) in [6.07, 6.45) is -4.70. The Morgan fingerprint density at radius 3 is 2.25 bits per heavy atom. The van der Waals surface area contributed by atoms with Gasteiger partial charge in [0.15, 0.2) is 0 Å². The standard InChI is InChI=1S/C6H9F3N2O/c1-4-10-5(12,3-11(4)2)6(7,8)9/h12H,3H2,1-2H3. The lowest BCUT2D eigenvalue weighted by molar-refractivity contribution is -0.253. The van der Waals surface area contributed by atoms with Gasteiger partial charge in [-0.3, -0.25) is 0 Å². The minimum Gasteiger partial charge on any atom is -0.361 e. The van der Waals surface area contributed by atoms with E-state index in [-0.39, 0.29) is 5.84 Å². The van der Waals surface area contributed by atoms with Gasteiger partial charge in [0.05, 0.1) is 12.4 Å². The average molecular weight is 182 g/mol. The Labute approximate surface area is 67.5 Å². The van der Waals surface area contributed by atoms with Gasteiger partial charge in [-0.25, -0.2) is 4.99 Å². The van der Waals surface area contributed by atoms with Gasteiger partial charge in [-0.05, 0) is 6.92 Å². The summed E-state index contributed by atoms with van der Waals surface area (Å²) in [7, 11) is 1.45. The van der Waals surface area contributed by atoms with Crippen molar-refractivity contribution >= 4 is 5.84 Å². The fraction of sp³-hybridized carbons (Fsp3) is 0.833. The van der Waals surface area contributed by atoms with Crippen molar-refractivity contribution in [1.82, 2.24) is 4.90 Å². The summed E-state index contributed by atoms with van der Waals surface area (Å²) in [5.41, 5.74) is -2.91. The van der Waals surface area contributed by atoms with Crippen LogP contribution >= 0.6 is 0 Å². The minimum absolute atomic E-state index is 0.190. The van der Waals surface area contributed by atoms with E-state index in [1.165, 1.54) is 18.9 Å². The number of hydrogen-bond acceptors (Lipinski definition) is 3. The Kier molecular flexibility index (Phi) is 1.82. The lowest BCUT2D eigenvalue weighted by Gasteiger charge is -2.23. The van der Waals surface area contributed by atoms with Gasteiger partial charge in [0.2, 0.25) is 0 Å². The minimum atomic E-state index is -4.70. The maximum Gasteiger partial charge on any atom is 0.440 e. The Balaban J connectivity index is 2.92. The molecule has 0 aromatic carbocycles. The number of nitrogens with zero attached hydrogens (tertiary/aromatic N) is 2. The van der Waals surface area contributed by atoms with Crippen LogP contribution in [0.1, 0.15) is 6.92 Å². The second-order valence-corrected chi connectivity index (χ2v) is 2.83. The van der Waals surface area contributed by atoms with E-state index in [0.717, 1.165) is 0 Å². The predicted octanol–water partition coefficient (Wildman–Crippen LogP) is 0.601. The molecule has 1 aliphatic rings. The number of hydrogen-bond donors (Lipinski definition) is 1. The molecule has 1 unspecified atom stereocenters. The zero-order chi connectivity index (χ0) is 9.57. The van der Waals surface area contributed by atoms with Crippen molar-refractivity contribution in [2.75, 3.05) is 13.6 Å². The largest absolute Gasteiger partial charge is 0.440 e. The second-order valence-electron chi connectivity index (χ2n) is 2.83. The molecule has 1 rings (SSSR count). The van der Waals surface area contributed by atoms with Gasteiger partial charge in [-0.2, -0.15) is 13.2 Å². The monoisotopic (exact) mass is 182 g/mol. The molecule has 0 saturated carbocycles. The van der Waals surface area contributed by atoms with Crippen LogP contribution in [0.3, 0.4) is 0 Å². The molecule has 1 atom stereocenters. The molecule has 1 heterocycles. The fourth-order valence-electron chi connectivity index (χ4n) is 0.987. The van der Waals surface area contributed by atoms with Crippen LogP contribution in [0.5, 0.6) is 0 Å². The van der Waals surface area contributed by atoms with Crippen molar-refractivity contribution in [3.63, 3.8) is 0 Å². The SMILES string of the molecule is CC1=NC(O)(C(F)(F)F)CN1C. The van der Waals surface area contributed by atoms with Crippen molar-refractivity contribution in [1.29, 1.82) is 0 Å². The van der Waals surface area contributed by atoms with E-state index in [1.807, 2.05) is 0 Å². The van der Waals surface area contributed by atoms with Crippen LogP contribution in [0.2, 0.25) is 0 Å². The first-order valence-electron chi connectivity index (χ1n) is 3.33. The van der Waals surface area contributed by atoms with Gasteiger partial charge in [0.25, 0.3) is 5.72 Å². The summed E-state index contributed by atoms with van der Waals surface area (Å²) in [4.78, 5) is 4.40. The number of aliphatic imine (C=N–C) groups is 1. The Morgan fingerprint density at radius 1 is 1.58 bits per heavy atom. The average Bonchev–Trinajstić information content (AvgIpc) is 2.06. The van der Waals surface area contributed by atoms with E-state index in [9.17, 15) is 13.2 Å². The summed E-state index contributed by atoms with van der Waals surface area (Å²) >= 11 is 0. The van der Waals surface area contributed by atoms with Crippen molar-refractivity contribution < 1.29 is 18.3 Å². The Hall–Kier alpha value is -0.780. The highest BCUT2D eigenvalue weighted by Crippen LogP contribution is 2.35. The quantitative estimate of drug-likeness (QED) is 0.595. The Morgan fingerprint density at radius 2 is 2.08 bits per heavy atom. The molecule has 0 spiro atoms. The third kappa shape index (κ3) is 1.26. The van der Waals surface area contributed by atoms with Crippen LogP contribution in [0, 0.1) is 0 Å². The van der Waals surface area contributed by atoms with E-state index < -0.39 is 18.4 Å². The van der Waals surface area contributed by atoms with Gasteiger partial charge in [0.1, 0.15) is 0 Å². The molecule has 0 fully saturated rings. The van der Waals surface area contributed by atoms with E-state index in [1.54, 1.807) is 0 Å². The van der Waals surface area contributed by atoms with Gasteiger partial charge in [-0.1, -0.05) is 0 Å². The number of rotatable bonds is 0. The first-order chi connectivity index (χ1) is 5.26. The van der Waals surface area contributed by atoms with Crippen LogP contribution in [0.15, 0.2) is 4.99 Å². The first kappa shape index (κ1) is 9.31. The van der Waals surface area contributed by atoms with E-state index in [2.05, 4.69) is 4.99 Å². The molecular weight excluding hydrogens is 173 g/mol. The molecule has 70 valence electrons. The maximum atomic E-state index is 12.1. The highest BCUT2D eigenvalue weighted by Gasteiger charge is 2.57. The fourth-order valence-corrected chi connectivity index (χ4v) is 0.987. The van der Waals surface area contributed by atoms with Crippen LogP contribution in [0.4, 0.5) is 13.2 Å². The number of aliphatic hydroxyl groups is 1. The number of halogens is 3. The third-order valence-corrected chi connectivity index (χ3v) is 1.81. The second kappa shape index (κ2) is 2.35. The molecule has 12 heavy (non-hydrogen) atoms. The Bertz CT molecular complexity index is 225. The van der Waals surface area contributed by atoms with Crippen molar-refractivity contribution in [2.45, 2.75) is 18.8 Å². The van der Waals surface area contributed by atoms with Crippen molar-refractivity contribution in [3.8, 4) is 0 Å². The normalized spacial score (nSPS) is 30.8.